The average molecular weight is 261 g/mol. The second-order valence-corrected chi connectivity index (χ2v) is 4.84. The highest BCUT2D eigenvalue weighted by Gasteiger charge is 2.10. The van der Waals surface area contributed by atoms with Crippen molar-refractivity contribution in [3.8, 4) is 0 Å². The summed E-state index contributed by atoms with van der Waals surface area (Å²) in [5.41, 5.74) is 1.99. The molecule has 1 N–H and O–H groups in total. The van der Waals surface area contributed by atoms with E-state index in [1.165, 1.54) is 11.6 Å². The zero-order valence-corrected chi connectivity index (χ0v) is 11.4. The van der Waals surface area contributed by atoms with E-state index in [2.05, 4.69) is 10.4 Å². The number of likely N-dealkylation sites (N-methyl/N-ethyl adjacent to an activating group) is 1. The standard InChI is InChI=1S/C15H20FN3/c1-17-14(8-7-12-10-18-19(2)11-12)9-13-5-3-4-6-15(13)16/h3-6,10-11,14,17H,7-9H2,1-2H3. The number of aryl methyl sites for hydroxylation is 2. The number of nitrogens with one attached hydrogen (secondary N) is 1. The third-order valence-corrected chi connectivity index (χ3v) is 3.37. The van der Waals surface area contributed by atoms with Crippen molar-refractivity contribution in [3.05, 3.63) is 53.6 Å². The molecule has 0 saturated carbocycles. The molecule has 0 saturated heterocycles. The summed E-state index contributed by atoms with van der Waals surface area (Å²) in [6.07, 6.45) is 6.54. The van der Waals surface area contributed by atoms with Gasteiger partial charge in [-0.25, -0.2) is 4.39 Å². The highest BCUT2D eigenvalue weighted by Crippen LogP contribution is 2.12. The van der Waals surface area contributed by atoms with Crippen molar-refractivity contribution >= 4 is 0 Å². The van der Waals surface area contributed by atoms with E-state index >= 15 is 0 Å². The molecular weight excluding hydrogens is 241 g/mol. The van der Waals surface area contributed by atoms with Gasteiger partial charge in [-0.2, -0.15) is 5.10 Å². The molecule has 0 spiro atoms. The zero-order valence-electron chi connectivity index (χ0n) is 11.4. The number of rotatable bonds is 6. The number of aromatic nitrogens is 2. The van der Waals surface area contributed by atoms with Crippen LogP contribution >= 0.6 is 0 Å². The van der Waals surface area contributed by atoms with Crippen LogP contribution in [0.25, 0.3) is 0 Å². The van der Waals surface area contributed by atoms with E-state index in [0.717, 1.165) is 18.4 Å². The lowest BCUT2D eigenvalue weighted by atomic mass is 10.00. The first kappa shape index (κ1) is 13.7. The minimum atomic E-state index is -0.121. The van der Waals surface area contributed by atoms with Gasteiger partial charge in [0.25, 0.3) is 0 Å². The van der Waals surface area contributed by atoms with Gasteiger partial charge in [0, 0.05) is 19.3 Å². The molecule has 19 heavy (non-hydrogen) atoms. The number of hydrogen-bond acceptors (Lipinski definition) is 2. The lowest BCUT2D eigenvalue weighted by Crippen LogP contribution is -2.28. The van der Waals surface area contributed by atoms with E-state index in [1.807, 2.05) is 38.6 Å². The Balaban J connectivity index is 1.92. The summed E-state index contributed by atoms with van der Waals surface area (Å²) in [6.45, 7) is 0. The third kappa shape index (κ3) is 3.89. The van der Waals surface area contributed by atoms with Gasteiger partial charge < -0.3 is 5.32 Å². The maximum absolute atomic E-state index is 13.6. The number of nitrogens with zero attached hydrogens (tertiary/aromatic N) is 2. The summed E-state index contributed by atoms with van der Waals surface area (Å²) < 4.78 is 15.4. The second-order valence-electron chi connectivity index (χ2n) is 4.84. The van der Waals surface area contributed by atoms with E-state index in [0.29, 0.717) is 6.42 Å². The fraction of sp³-hybridized carbons (Fsp3) is 0.400. The van der Waals surface area contributed by atoms with Gasteiger partial charge in [-0.3, -0.25) is 4.68 Å². The first-order valence-corrected chi connectivity index (χ1v) is 6.57. The van der Waals surface area contributed by atoms with E-state index in [-0.39, 0.29) is 11.9 Å². The van der Waals surface area contributed by atoms with Crippen molar-refractivity contribution < 1.29 is 4.39 Å². The van der Waals surface area contributed by atoms with Gasteiger partial charge in [0.1, 0.15) is 5.82 Å². The van der Waals surface area contributed by atoms with Gasteiger partial charge in [-0.1, -0.05) is 18.2 Å². The van der Waals surface area contributed by atoms with Crippen molar-refractivity contribution in [3.63, 3.8) is 0 Å². The molecule has 0 fully saturated rings. The minimum absolute atomic E-state index is 0.121. The molecule has 0 aliphatic rings. The molecule has 0 aliphatic heterocycles. The van der Waals surface area contributed by atoms with Gasteiger partial charge in [0.15, 0.2) is 0 Å². The Labute approximate surface area is 113 Å². The Morgan fingerprint density at radius 2 is 2.16 bits per heavy atom. The fourth-order valence-electron chi connectivity index (χ4n) is 2.22. The summed E-state index contributed by atoms with van der Waals surface area (Å²) in [4.78, 5) is 0. The van der Waals surface area contributed by atoms with E-state index in [4.69, 9.17) is 0 Å². The monoisotopic (exact) mass is 261 g/mol. The van der Waals surface area contributed by atoms with E-state index in [9.17, 15) is 4.39 Å². The summed E-state index contributed by atoms with van der Waals surface area (Å²) in [7, 11) is 3.84. The lowest BCUT2D eigenvalue weighted by Gasteiger charge is -2.16. The predicted octanol–water partition coefficient (Wildman–Crippen LogP) is 2.32. The summed E-state index contributed by atoms with van der Waals surface area (Å²) in [5.74, 6) is -0.121. The topological polar surface area (TPSA) is 29.9 Å². The summed E-state index contributed by atoms with van der Waals surface area (Å²) in [6, 6.07) is 7.25. The van der Waals surface area contributed by atoms with Crippen molar-refractivity contribution in [1.82, 2.24) is 15.1 Å². The summed E-state index contributed by atoms with van der Waals surface area (Å²) >= 11 is 0. The van der Waals surface area contributed by atoms with Gasteiger partial charge in [-0.05, 0) is 43.5 Å². The van der Waals surface area contributed by atoms with Crippen molar-refractivity contribution in [2.24, 2.45) is 7.05 Å². The van der Waals surface area contributed by atoms with Crippen molar-refractivity contribution in [2.75, 3.05) is 7.05 Å². The third-order valence-electron chi connectivity index (χ3n) is 3.37. The largest absolute Gasteiger partial charge is 0.317 e. The van der Waals surface area contributed by atoms with Crippen LogP contribution in [0.4, 0.5) is 4.39 Å². The zero-order chi connectivity index (χ0) is 13.7. The number of halogens is 1. The number of benzene rings is 1. The normalized spacial score (nSPS) is 12.6. The van der Waals surface area contributed by atoms with Crippen molar-refractivity contribution in [2.45, 2.75) is 25.3 Å². The van der Waals surface area contributed by atoms with Crippen LogP contribution in [0.3, 0.4) is 0 Å². The summed E-state index contributed by atoms with van der Waals surface area (Å²) in [5, 5.41) is 7.42. The van der Waals surface area contributed by atoms with Gasteiger partial charge in [0.2, 0.25) is 0 Å². The van der Waals surface area contributed by atoms with Crippen LogP contribution in [-0.4, -0.2) is 22.9 Å². The molecule has 2 aromatic rings. The van der Waals surface area contributed by atoms with Crippen LogP contribution in [0.5, 0.6) is 0 Å². The molecule has 0 aliphatic carbocycles. The van der Waals surface area contributed by atoms with Crippen LogP contribution < -0.4 is 5.32 Å². The average Bonchev–Trinajstić information content (AvgIpc) is 2.82. The molecule has 0 amide bonds. The van der Waals surface area contributed by atoms with Crippen molar-refractivity contribution in [1.29, 1.82) is 0 Å². The SMILES string of the molecule is CNC(CCc1cnn(C)c1)Cc1ccccc1F. The maximum Gasteiger partial charge on any atom is 0.126 e. The quantitative estimate of drug-likeness (QED) is 0.865. The van der Waals surface area contributed by atoms with Crippen LogP contribution in [0.15, 0.2) is 36.7 Å². The molecule has 1 heterocycles. The lowest BCUT2D eigenvalue weighted by molar-refractivity contribution is 0.504. The smallest absolute Gasteiger partial charge is 0.126 e. The molecule has 3 nitrogen and oxygen atoms in total. The molecule has 2 rings (SSSR count). The Bertz CT molecular complexity index is 522. The fourth-order valence-corrected chi connectivity index (χ4v) is 2.22. The molecule has 1 aromatic heterocycles. The van der Waals surface area contributed by atoms with Gasteiger partial charge >= 0.3 is 0 Å². The molecule has 102 valence electrons. The van der Waals surface area contributed by atoms with E-state index in [1.54, 1.807) is 10.7 Å². The Kier molecular flexibility index (Phi) is 4.68. The second kappa shape index (κ2) is 6.48. The first-order chi connectivity index (χ1) is 9.19. The highest BCUT2D eigenvalue weighted by molar-refractivity contribution is 5.18. The maximum atomic E-state index is 13.6. The minimum Gasteiger partial charge on any atom is -0.317 e. The molecule has 1 unspecified atom stereocenters. The Morgan fingerprint density at radius 3 is 2.79 bits per heavy atom. The van der Waals surface area contributed by atoms with Crippen LogP contribution in [0.2, 0.25) is 0 Å². The molecular formula is C15H20FN3. The van der Waals surface area contributed by atoms with Gasteiger partial charge in [-0.15, -0.1) is 0 Å². The molecule has 1 aromatic carbocycles. The van der Waals surface area contributed by atoms with E-state index < -0.39 is 0 Å². The van der Waals surface area contributed by atoms with Crippen LogP contribution in [-0.2, 0) is 19.9 Å². The first-order valence-electron chi connectivity index (χ1n) is 6.57. The highest BCUT2D eigenvalue weighted by atomic mass is 19.1. The molecule has 0 radical (unpaired) electrons. The van der Waals surface area contributed by atoms with Crippen LogP contribution in [0.1, 0.15) is 17.5 Å². The Hall–Kier alpha value is -1.68. The Morgan fingerprint density at radius 1 is 1.37 bits per heavy atom. The van der Waals surface area contributed by atoms with Crippen LogP contribution in [0, 0.1) is 5.82 Å². The number of hydrogen-bond donors (Lipinski definition) is 1. The molecule has 4 heteroatoms. The molecule has 0 bridgehead atoms. The van der Waals surface area contributed by atoms with Gasteiger partial charge in [0.05, 0.1) is 6.20 Å². The molecule has 1 atom stereocenters. The predicted molar refractivity (Wildman–Crippen MR) is 74.5 cm³/mol.